The van der Waals surface area contributed by atoms with E-state index in [2.05, 4.69) is 16.0 Å². The van der Waals surface area contributed by atoms with Gasteiger partial charge >= 0.3 is 0 Å². The number of amides is 1. The first-order valence-corrected chi connectivity index (χ1v) is 8.07. The molecule has 0 unspecified atom stereocenters. The molecule has 1 heterocycles. The number of nitrogens with zero attached hydrogens (tertiary/aromatic N) is 2. The van der Waals surface area contributed by atoms with Crippen molar-refractivity contribution in [2.75, 3.05) is 18.0 Å². The number of carbonyl (C=O) groups excluding carboxylic acids is 1. The van der Waals surface area contributed by atoms with Crippen LogP contribution in [0.5, 0.6) is 0 Å². The smallest absolute Gasteiger partial charge is 0.253 e. The normalized spacial score (nSPS) is 14.6. The standard InChI is InChI=1S/C14H20N4O2S/c1-2-18(10-6-4-3-5-7-10)13(20)9-21-14-16-11(15)8-12(19)17-14/h6,8H,2-5,7,9H2,1H3,(H3,15,16,17,19). The van der Waals surface area contributed by atoms with Crippen LogP contribution in [0, 0.1) is 0 Å². The number of aromatic nitrogens is 2. The number of hydrogen-bond donors (Lipinski definition) is 2. The predicted molar refractivity (Wildman–Crippen MR) is 83.9 cm³/mol. The van der Waals surface area contributed by atoms with Crippen LogP contribution in [0.1, 0.15) is 32.6 Å². The van der Waals surface area contributed by atoms with Crippen molar-refractivity contribution in [2.24, 2.45) is 0 Å². The third kappa shape index (κ3) is 4.35. The van der Waals surface area contributed by atoms with Gasteiger partial charge in [0.25, 0.3) is 5.56 Å². The van der Waals surface area contributed by atoms with E-state index in [-0.39, 0.29) is 23.0 Å². The Kier molecular flexibility index (Phi) is 5.44. The molecule has 1 aromatic rings. The summed E-state index contributed by atoms with van der Waals surface area (Å²) in [6.45, 7) is 2.63. The topological polar surface area (TPSA) is 92.1 Å². The number of aromatic amines is 1. The predicted octanol–water partition coefficient (Wildman–Crippen LogP) is 1.75. The van der Waals surface area contributed by atoms with Crippen LogP contribution >= 0.6 is 11.8 Å². The second-order valence-electron chi connectivity index (χ2n) is 4.84. The molecule has 1 amide bonds. The SMILES string of the molecule is CCN(C(=O)CSc1nc(N)cc(=O)[nH]1)C1=CCCCC1. The first-order chi connectivity index (χ1) is 10.1. The first kappa shape index (κ1) is 15.6. The van der Waals surface area contributed by atoms with Gasteiger partial charge in [-0.1, -0.05) is 17.8 Å². The van der Waals surface area contributed by atoms with E-state index in [0.717, 1.165) is 25.0 Å². The number of nitrogens with two attached hydrogens (primary N) is 1. The highest BCUT2D eigenvalue weighted by Gasteiger charge is 2.18. The van der Waals surface area contributed by atoms with E-state index >= 15 is 0 Å². The summed E-state index contributed by atoms with van der Waals surface area (Å²) in [6.07, 6.45) is 6.47. The first-order valence-electron chi connectivity index (χ1n) is 7.09. The minimum Gasteiger partial charge on any atom is -0.383 e. The Labute approximate surface area is 127 Å². The summed E-state index contributed by atoms with van der Waals surface area (Å²) in [5, 5.41) is 0.377. The van der Waals surface area contributed by atoms with Gasteiger partial charge in [-0.3, -0.25) is 9.59 Å². The highest BCUT2D eigenvalue weighted by molar-refractivity contribution is 7.99. The van der Waals surface area contributed by atoms with E-state index in [9.17, 15) is 9.59 Å². The molecule has 0 aromatic carbocycles. The summed E-state index contributed by atoms with van der Waals surface area (Å²) in [5.74, 6) is 0.425. The molecule has 2 rings (SSSR count). The van der Waals surface area contributed by atoms with Gasteiger partial charge in [0, 0.05) is 18.3 Å². The molecule has 7 heteroatoms. The molecule has 3 N–H and O–H groups in total. The molecule has 0 spiro atoms. The van der Waals surface area contributed by atoms with E-state index in [0.29, 0.717) is 11.7 Å². The Morgan fingerprint density at radius 2 is 2.33 bits per heavy atom. The van der Waals surface area contributed by atoms with Gasteiger partial charge in [0.15, 0.2) is 5.16 Å². The zero-order valence-electron chi connectivity index (χ0n) is 12.1. The molecule has 1 aliphatic carbocycles. The Morgan fingerprint density at radius 1 is 1.52 bits per heavy atom. The Bertz CT molecular complexity index is 597. The van der Waals surface area contributed by atoms with Crippen LogP contribution in [0.2, 0.25) is 0 Å². The molecule has 0 saturated carbocycles. The molecule has 114 valence electrons. The summed E-state index contributed by atoms with van der Waals surface area (Å²) in [7, 11) is 0. The molecular weight excluding hydrogens is 288 g/mol. The maximum atomic E-state index is 12.3. The number of hydrogen-bond acceptors (Lipinski definition) is 5. The van der Waals surface area contributed by atoms with E-state index < -0.39 is 0 Å². The number of nitrogens with one attached hydrogen (secondary N) is 1. The average molecular weight is 308 g/mol. The number of allylic oxidation sites excluding steroid dienone is 2. The summed E-state index contributed by atoms with van der Waals surface area (Å²) >= 11 is 1.20. The molecule has 0 bridgehead atoms. The number of nitrogen functional groups attached to an aromatic ring is 1. The van der Waals surface area contributed by atoms with Crippen LogP contribution in [0.4, 0.5) is 5.82 Å². The monoisotopic (exact) mass is 308 g/mol. The fraction of sp³-hybridized carbons (Fsp3) is 0.500. The molecule has 0 atom stereocenters. The lowest BCUT2D eigenvalue weighted by Crippen LogP contribution is -2.32. The third-order valence-corrected chi connectivity index (χ3v) is 4.16. The van der Waals surface area contributed by atoms with Crippen LogP contribution in [0.15, 0.2) is 27.8 Å². The zero-order chi connectivity index (χ0) is 15.2. The lowest BCUT2D eigenvalue weighted by molar-refractivity contribution is -0.126. The largest absolute Gasteiger partial charge is 0.383 e. The van der Waals surface area contributed by atoms with Crippen molar-refractivity contribution < 1.29 is 4.79 Å². The van der Waals surface area contributed by atoms with Crippen molar-refractivity contribution in [3.8, 4) is 0 Å². The van der Waals surface area contributed by atoms with Crippen LogP contribution in [0.3, 0.4) is 0 Å². The van der Waals surface area contributed by atoms with Gasteiger partial charge in [-0.05, 0) is 32.6 Å². The number of H-pyrrole nitrogens is 1. The van der Waals surface area contributed by atoms with Crippen LogP contribution < -0.4 is 11.3 Å². The van der Waals surface area contributed by atoms with Crippen LogP contribution in [-0.2, 0) is 4.79 Å². The third-order valence-electron chi connectivity index (χ3n) is 3.30. The number of thioether (sulfide) groups is 1. The van der Waals surface area contributed by atoms with Gasteiger partial charge in [0.1, 0.15) is 5.82 Å². The van der Waals surface area contributed by atoms with Crippen molar-refractivity contribution in [2.45, 2.75) is 37.8 Å². The van der Waals surface area contributed by atoms with Gasteiger partial charge in [-0.15, -0.1) is 0 Å². The summed E-state index contributed by atoms with van der Waals surface area (Å²) in [4.78, 5) is 32.0. The second kappa shape index (κ2) is 7.31. The molecule has 1 aliphatic rings. The van der Waals surface area contributed by atoms with Crippen molar-refractivity contribution in [3.63, 3.8) is 0 Å². The molecule has 0 fully saturated rings. The Hall–Kier alpha value is -1.76. The van der Waals surface area contributed by atoms with E-state index in [1.54, 1.807) is 0 Å². The maximum absolute atomic E-state index is 12.3. The second-order valence-corrected chi connectivity index (χ2v) is 5.81. The summed E-state index contributed by atoms with van der Waals surface area (Å²) < 4.78 is 0. The molecule has 0 aliphatic heterocycles. The quantitative estimate of drug-likeness (QED) is 0.638. The maximum Gasteiger partial charge on any atom is 0.253 e. The van der Waals surface area contributed by atoms with E-state index in [1.807, 2.05) is 11.8 Å². The van der Waals surface area contributed by atoms with Gasteiger partial charge in [-0.2, -0.15) is 0 Å². The van der Waals surface area contributed by atoms with Gasteiger partial charge in [0.2, 0.25) is 5.91 Å². The van der Waals surface area contributed by atoms with Crippen LogP contribution in [-0.4, -0.2) is 33.1 Å². The average Bonchev–Trinajstić information content (AvgIpc) is 2.46. The Balaban J connectivity index is 1.99. The fourth-order valence-corrected chi connectivity index (χ4v) is 3.09. The number of anilines is 1. The molecule has 0 radical (unpaired) electrons. The Morgan fingerprint density at radius 3 is 2.95 bits per heavy atom. The van der Waals surface area contributed by atoms with E-state index in [1.165, 1.54) is 24.2 Å². The highest BCUT2D eigenvalue weighted by atomic mass is 32.2. The van der Waals surface area contributed by atoms with Crippen molar-refractivity contribution in [3.05, 3.63) is 28.2 Å². The fourth-order valence-electron chi connectivity index (χ4n) is 2.34. The minimum atomic E-state index is -0.306. The number of rotatable bonds is 5. The lowest BCUT2D eigenvalue weighted by Gasteiger charge is -2.26. The molecular formula is C14H20N4O2S. The molecule has 0 saturated heterocycles. The summed E-state index contributed by atoms with van der Waals surface area (Å²) in [6, 6.07) is 1.22. The van der Waals surface area contributed by atoms with Gasteiger partial charge < -0.3 is 15.6 Å². The van der Waals surface area contributed by atoms with Crippen molar-refractivity contribution >= 4 is 23.5 Å². The van der Waals surface area contributed by atoms with Crippen molar-refractivity contribution in [1.82, 2.24) is 14.9 Å². The highest BCUT2D eigenvalue weighted by Crippen LogP contribution is 2.22. The molecule has 21 heavy (non-hydrogen) atoms. The lowest BCUT2D eigenvalue weighted by atomic mass is 10.0. The van der Waals surface area contributed by atoms with Crippen molar-refractivity contribution in [1.29, 1.82) is 0 Å². The summed E-state index contributed by atoms with van der Waals surface area (Å²) in [5.41, 5.74) is 6.33. The number of carbonyl (C=O) groups is 1. The minimum absolute atomic E-state index is 0.0284. The van der Waals surface area contributed by atoms with Gasteiger partial charge in [-0.25, -0.2) is 4.98 Å². The molecule has 1 aromatic heterocycles. The van der Waals surface area contributed by atoms with E-state index in [4.69, 9.17) is 5.73 Å². The zero-order valence-corrected chi connectivity index (χ0v) is 12.9. The molecule has 6 nitrogen and oxygen atoms in total. The van der Waals surface area contributed by atoms with Gasteiger partial charge in [0.05, 0.1) is 5.75 Å². The van der Waals surface area contributed by atoms with Crippen LogP contribution in [0.25, 0.3) is 0 Å².